The summed E-state index contributed by atoms with van der Waals surface area (Å²) in [6.07, 6.45) is 5.35. The summed E-state index contributed by atoms with van der Waals surface area (Å²) in [6, 6.07) is 12.3. The molecule has 4 heteroatoms. The number of pyridine rings is 1. The Morgan fingerprint density at radius 3 is 2.23 bits per heavy atom. The van der Waals surface area contributed by atoms with E-state index < -0.39 is 0 Å². The van der Waals surface area contributed by atoms with E-state index in [2.05, 4.69) is 22.2 Å². The average Bonchev–Trinajstić information content (AvgIpc) is 2.83. The van der Waals surface area contributed by atoms with Crippen molar-refractivity contribution in [1.82, 2.24) is 14.8 Å². The van der Waals surface area contributed by atoms with Crippen molar-refractivity contribution in [2.75, 3.05) is 0 Å². The first kappa shape index (κ1) is 14.2. The van der Waals surface area contributed by atoms with E-state index in [1.807, 2.05) is 42.8 Å². The van der Waals surface area contributed by atoms with E-state index >= 15 is 0 Å². The minimum absolute atomic E-state index is 0.667. The van der Waals surface area contributed by atoms with Crippen molar-refractivity contribution in [2.45, 2.75) is 20.3 Å². The molecule has 0 spiro atoms. The van der Waals surface area contributed by atoms with Crippen molar-refractivity contribution in [2.24, 2.45) is 0 Å². The van der Waals surface area contributed by atoms with E-state index in [0.29, 0.717) is 5.56 Å². The Bertz CT molecular complexity index is 789. The number of hydrogen-bond acceptors (Lipinski definition) is 3. The number of nitrogens with zero attached hydrogens (tertiary/aromatic N) is 3. The SMILES string of the molecule is Cc1nn(-c2ccc(Cc3ccncc3)cc2)c(C)c1C=O. The maximum Gasteiger partial charge on any atom is 0.153 e. The highest BCUT2D eigenvalue weighted by atomic mass is 16.1. The number of hydrogen-bond donors (Lipinski definition) is 0. The molecule has 0 aliphatic rings. The van der Waals surface area contributed by atoms with E-state index in [1.54, 1.807) is 12.4 Å². The van der Waals surface area contributed by atoms with Crippen LogP contribution >= 0.6 is 0 Å². The van der Waals surface area contributed by atoms with Crippen LogP contribution in [0.3, 0.4) is 0 Å². The number of rotatable bonds is 4. The second kappa shape index (κ2) is 5.93. The van der Waals surface area contributed by atoms with Gasteiger partial charge in [0.15, 0.2) is 6.29 Å². The van der Waals surface area contributed by atoms with Gasteiger partial charge < -0.3 is 0 Å². The van der Waals surface area contributed by atoms with Crippen LogP contribution in [-0.4, -0.2) is 21.1 Å². The van der Waals surface area contributed by atoms with Crippen molar-refractivity contribution in [1.29, 1.82) is 0 Å². The highest BCUT2D eigenvalue weighted by molar-refractivity contribution is 5.78. The lowest BCUT2D eigenvalue weighted by Crippen LogP contribution is -2.00. The van der Waals surface area contributed by atoms with Gasteiger partial charge in [-0.15, -0.1) is 0 Å². The van der Waals surface area contributed by atoms with Gasteiger partial charge in [-0.1, -0.05) is 12.1 Å². The molecule has 4 nitrogen and oxygen atoms in total. The molecule has 110 valence electrons. The molecular formula is C18H17N3O. The molecule has 2 heterocycles. The molecule has 0 amide bonds. The van der Waals surface area contributed by atoms with Gasteiger partial charge >= 0.3 is 0 Å². The summed E-state index contributed by atoms with van der Waals surface area (Å²) >= 11 is 0. The number of benzene rings is 1. The van der Waals surface area contributed by atoms with Crippen LogP contribution in [0.2, 0.25) is 0 Å². The molecule has 0 bridgehead atoms. The van der Waals surface area contributed by atoms with Gasteiger partial charge in [-0.25, -0.2) is 4.68 Å². The third kappa shape index (κ3) is 2.68. The summed E-state index contributed by atoms with van der Waals surface area (Å²) in [5.41, 5.74) is 5.72. The summed E-state index contributed by atoms with van der Waals surface area (Å²) in [5.74, 6) is 0. The zero-order valence-corrected chi connectivity index (χ0v) is 12.7. The molecule has 0 aliphatic heterocycles. The first-order valence-corrected chi connectivity index (χ1v) is 7.18. The predicted octanol–water partition coefficient (Wildman–Crippen LogP) is 3.29. The minimum Gasteiger partial charge on any atom is -0.298 e. The smallest absolute Gasteiger partial charge is 0.153 e. The zero-order valence-electron chi connectivity index (χ0n) is 12.7. The maximum atomic E-state index is 11.1. The van der Waals surface area contributed by atoms with Gasteiger partial charge in [-0.05, 0) is 55.7 Å². The fourth-order valence-corrected chi connectivity index (χ4v) is 2.57. The maximum absolute atomic E-state index is 11.1. The highest BCUT2D eigenvalue weighted by Gasteiger charge is 2.11. The average molecular weight is 291 g/mol. The van der Waals surface area contributed by atoms with Gasteiger partial charge in [0.25, 0.3) is 0 Å². The molecule has 0 radical (unpaired) electrons. The largest absolute Gasteiger partial charge is 0.298 e. The van der Waals surface area contributed by atoms with E-state index in [1.165, 1.54) is 11.1 Å². The second-order valence-corrected chi connectivity index (χ2v) is 5.31. The molecule has 3 aromatic rings. The van der Waals surface area contributed by atoms with Crippen LogP contribution in [0.15, 0.2) is 48.8 Å². The predicted molar refractivity (Wildman–Crippen MR) is 85.5 cm³/mol. The van der Waals surface area contributed by atoms with Gasteiger partial charge in [0.2, 0.25) is 0 Å². The Balaban J connectivity index is 1.87. The van der Waals surface area contributed by atoms with Crippen LogP contribution < -0.4 is 0 Å². The first-order chi connectivity index (χ1) is 10.7. The lowest BCUT2D eigenvalue weighted by molar-refractivity contribution is 0.112. The Labute approximate surface area is 129 Å². The number of carbonyl (C=O) groups excluding carboxylic acids is 1. The highest BCUT2D eigenvalue weighted by Crippen LogP contribution is 2.18. The van der Waals surface area contributed by atoms with Gasteiger partial charge in [0.05, 0.1) is 22.6 Å². The number of aromatic nitrogens is 3. The third-order valence-corrected chi connectivity index (χ3v) is 3.80. The molecule has 3 rings (SSSR count). The molecular weight excluding hydrogens is 274 g/mol. The molecule has 0 aliphatic carbocycles. The monoisotopic (exact) mass is 291 g/mol. The fourth-order valence-electron chi connectivity index (χ4n) is 2.57. The number of aryl methyl sites for hydroxylation is 1. The molecule has 2 aromatic heterocycles. The van der Waals surface area contributed by atoms with Crippen LogP contribution in [0, 0.1) is 13.8 Å². The quantitative estimate of drug-likeness (QED) is 0.693. The number of aldehydes is 1. The van der Waals surface area contributed by atoms with E-state index in [0.717, 1.165) is 29.8 Å². The first-order valence-electron chi connectivity index (χ1n) is 7.18. The Kier molecular flexibility index (Phi) is 3.83. The fraction of sp³-hybridized carbons (Fsp3) is 0.167. The minimum atomic E-state index is 0.667. The van der Waals surface area contributed by atoms with Gasteiger partial charge in [0.1, 0.15) is 0 Å². The van der Waals surface area contributed by atoms with Crippen LogP contribution in [-0.2, 0) is 6.42 Å². The van der Waals surface area contributed by atoms with Gasteiger partial charge in [-0.3, -0.25) is 9.78 Å². The van der Waals surface area contributed by atoms with Crippen molar-refractivity contribution in [3.63, 3.8) is 0 Å². The van der Waals surface area contributed by atoms with Gasteiger partial charge in [0, 0.05) is 12.4 Å². The lowest BCUT2D eigenvalue weighted by atomic mass is 10.1. The van der Waals surface area contributed by atoms with E-state index in [4.69, 9.17) is 0 Å². The molecule has 0 saturated carbocycles. The molecule has 1 aromatic carbocycles. The van der Waals surface area contributed by atoms with Crippen LogP contribution in [0.5, 0.6) is 0 Å². The topological polar surface area (TPSA) is 47.8 Å². The molecule has 0 atom stereocenters. The summed E-state index contributed by atoms with van der Waals surface area (Å²) in [4.78, 5) is 15.1. The molecule has 0 N–H and O–H groups in total. The summed E-state index contributed by atoms with van der Waals surface area (Å²) < 4.78 is 1.81. The van der Waals surface area contributed by atoms with Gasteiger partial charge in [-0.2, -0.15) is 5.10 Å². The second-order valence-electron chi connectivity index (χ2n) is 5.31. The van der Waals surface area contributed by atoms with Crippen molar-refractivity contribution < 1.29 is 4.79 Å². The van der Waals surface area contributed by atoms with E-state index in [-0.39, 0.29) is 0 Å². The zero-order chi connectivity index (χ0) is 15.5. The van der Waals surface area contributed by atoms with Crippen LogP contribution in [0.4, 0.5) is 0 Å². The third-order valence-electron chi connectivity index (χ3n) is 3.80. The van der Waals surface area contributed by atoms with Crippen LogP contribution in [0.25, 0.3) is 5.69 Å². The number of carbonyl (C=O) groups is 1. The summed E-state index contributed by atoms with van der Waals surface area (Å²) in [6.45, 7) is 3.76. The van der Waals surface area contributed by atoms with Crippen molar-refractivity contribution in [3.05, 3.63) is 76.9 Å². The Hall–Kier alpha value is -2.75. The normalized spacial score (nSPS) is 10.6. The summed E-state index contributed by atoms with van der Waals surface area (Å²) in [7, 11) is 0. The standard InChI is InChI=1S/C18H17N3O/c1-13-18(12-22)14(2)21(20-13)17-5-3-15(4-6-17)11-16-7-9-19-10-8-16/h3-10,12H,11H2,1-2H3. The van der Waals surface area contributed by atoms with Crippen LogP contribution in [0.1, 0.15) is 32.9 Å². The molecule has 22 heavy (non-hydrogen) atoms. The molecule has 0 unspecified atom stereocenters. The summed E-state index contributed by atoms with van der Waals surface area (Å²) in [5, 5.41) is 4.44. The lowest BCUT2D eigenvalue weighted by Gasteiger charge is -2.06. The Morgan fingerprint density at radius 1 is 1.00 bits per heavy atom. The molecule has 0 fully saturated rings. The van der Waals surface area contributed by atoms with Crippen molar-refractivity contribution >= 4 is 6.29 Å². The van der Waals surface area contributed by atoms with Crippen molar-refractivity contribution in [3.8, 4) is 5.69 Å². The molecule has 0 saturated heterocycles. The Morgan fingerprint density at radius 2 is 1.64 bits per heavy atom. The van der Waals surface area contributed by atoms with E-state index in [9.17, 15) is 4.79 Å².